The first-order valence-corrected chi connectivity index (χ1v) is 11.2. The quantitative estimate of drug-likeness (QED) is 0.498. The molecule has 1 aliphatic rings. The summed E-state index contributed by atoms with van der Waals surface area (Å²) in [4.78, 5) is 2.35. The van der Waals surface area contributed by atoms with Crippen molar-refractivity contribution in [3.05, 3.63) is 72.8 Å². The molecular formula is C21H20N6O2S. The zero-order valence-electron chi connectivity index (χ0n) is 16.1. The van der Waals surface area contributed by atoms with Crippen LogP contribution in [0.25, 0.3) is 17.0 Å². The average molecular weight is 420 g/mol. The number of fused-ring (bicyclic) bond motifs is 1. The topological polar surface area (TPSA) is 98.5 Å². The van der Waals surface area contributed by atoms with E-state index >= 15 is 0 Å². The summed E-state index contributed by atoms with van der Waals surface area (Å²) in [6.45, 7) is 1.26. The van der Waals surface area contributed by atoms with E-state index in [1.54, 1.807) is 34.8 Å². The van der Waals surface area contributed by atoms with E-state index in [1.165, 1.54) is 0 Å². The second-order valence-electron chi connectivity index (χ2n) is 7.22. The number of hydrogen-bond acceptors (Lipinski definition) is 6. The number of hydrogen-bond donors (Lipinski definition) is 1. The molecule has 0 amide bonds. The first-order valence-electron chi connectivity index (χ1n) is 9.70. The number of nitrogens with one attached hydrogen (secondary N) is 1. The highest BCUT2D eigenvalue weighted by Gasteiger charge is 2.31. The summed E-state index contributed by atoms with van der Waals surface area (Å²) in [6.07, 6.45) is 0.708. The number of sulfonamides is 1. The van der Waals surface area contributed by atoms with Crippen molar-refractivity contribution in [2.75, 3.05) is 18.0 Å². The Hall–Kier alpha value is -3.14. The van der Waals surface area contributed by atoms with E-state index in [-0.39, 0.29) is 10.9 Å². The summed E-state index contributed by atoms with van der Waals surface area (Å²) >= 11 is 0. The first-order chi connectivity index (χ1) is 14.6. The average Bonchev–Trinajstić information content (AvgIpc) is 3.41. The van der Waals surface area contributed by atoms with Crippen molar-refractivity contribution < 1.29 is 8.76 Å². The minimum absolute atomic E-state index is 0.179. The van der Waals surface area contributed by atoms with Gasteiger partial charge in [-0.15, -0.1) is 20.0 Å². The van der Waals surface area contributed by atoms with E-state index in [1.807, 2.05) is 42.5 Å². The fraction of sp³-hybridized carbons (Fsp3) is 0.190. The van der Waals surface area contributed by atoms with Crippen molar-refractivity contribution in [2.24, 2.45) is 0 Å². The van der Waals surface area contributed by atoms with Crippen LogP contribution in [-0.4, -0.2) is 43.5 Å². The van der Waals surface area contributed by atoms with Gasteiger partial charge in [-0.3, -0.25) is 0 Å². The lowest BCUT2D eigenvalue weighted by atomic mass is 10.2. The van der Waals surface area contributed by atoms with Gasteiger partial charge in [0.25, 0.3) is 0 Å². The third-order valence-corrected chi connectivity index (χ3v) is 6.70. The maximum absolute atomic E-state index is 12.6. The van der Waals surface area contributed by atoms with Crippen LogP contribution in [0.15, 0.2) is 77.7 Å². The van der Waals surface area contributed by atoms with Crippen molar-refractivity contribution in [2.45, 2.75) is 17.4 Å². The van der Waals surface area contributed by atoms with E-state index in [4.69, 9.17) is 5.10 Å². The van der Waals surface area contributed by atoms with Crippen molar-refractivity contribution in [3.63, 3.8) is 0 Å². The molecule has 152 valence electrons. The smallest absolute Gasteiger partial charge is 0.185 e. The SMILES string of the molecule is O=[S+]([O-])(NC1CCN(c2ccc3nnc(-c4ccccc4)n3n2)C1)c1ccccc1. The largest absolute Gasteiger partial charge is 0.593 e. The van der Waals surface area contributed by atoms with Crippen LogP contribution in [0.2, 0.25) is 0 Å². The van der Waals surface area contributed by atoms with Crippen LogP contribution in [0.3, 0.4) is 0 Å². The number of benzene rings is 2. The van der Waals surface area contributed by atoms with E-state index in [0.717, 1.165) is 11.4 Å². The monoisotopic (exact) mass is 420 g/mol. The maximum Gasteiger partial charge on any atom is 0.185 e. The Morgan fingerprint density at radius 3 is 2.47 bits per heavy atom. The van der Waals surface area contributed by atoms with Crippen LogP contribution in [-0.2, 0) is 14.6 Å². The van der Waals surface area contributed by atoms with Gasteiger partial charge in [-0.1, -0.05) is 52.7 Å². The Morgan fingerprint density at radius 2 is 1.70 bits per heavy atom. The lowest BCUT2D eigenvalue weighted by molar-refractivity contribution is 0.453. The zero-order valence-corrected chi connectivity index (χ0v) is 16.9. The van der Waals surface area contributed by atoms with E-state index < -0.39 is 10.4 Å². The van der Waals surface area contributed by atoms with Crippen LogP contribution in [0.4, 0.5) is 5.82 Å². The summed E-state index contributed by atoms with van der Waals surface area (Å²) in [7, 11) is -3.54. The third-order valence-electron chi connectivity index (χ3n) is 5.17. The summed E-state index contributed by atoms with van der Waals surface area (Å²) in [5.41, 5.74) is 1.60. The highest BCUT2D eigenvalue weighted by Crippen LogP contribution is 2.23. The van der Waals surface area contributed by atoms with Crippen LogP contribution in [0.5, 0.6) is 0 Å². The predicted molar refractivity (Wildman–Crippen MR) is 114 cm³/mol. The molecule has 2 aromatic carbocycles. The van der Waals surface area contributed by atoms with Crippen LogP contribution in [0.1, 0.15) is 6.42 Å². The fourth-order valence-corrected chi connectivity index (χ4v) is 4.95. The second kappa shape index (κ2) is 7.60. The first kappa shape index (κ1) is 18.9. The number of rotatable bonds is 5. The Kier molecular flexibility index (Phi) is 4.78. The van der Waals surface area contributed by atoms with Crippen LogP contribution in [0, 0.1) is 0 Å². The van der Waals surface area contributed by atoms with Gasteiger partial charge in [0.2, 0.25) is 0 Å². The Morgan fingerprint density at radius 1 is 0.967 bits per heavy atom. The van der Waals surface area contributed by atoms with Crippen LogP contribution >= 0.6 is 0 Å². The Labute approximate surface area is 175 Å². The molecule has 1 fully saturated rings. The molecule has 0 radical (unpaired) electrons. The molecule has 9 heteroatoms. The van der Waals surface area contributed by atoms with Gasteiger partial charge in [-0.2, -0.15) is 4.52 Å². The van der Waals surface area contributed by atoms with E-state index in [9.17, 15) is 8.76 Å². The number of nitrogens with zero attached hydrogens (tertiary/aromatic N) is 5. The zero-order chi connectivity index (χ0) is 20.6. The Balaban J connectivity index is 1.36. The molecule has 1 saturated heterocycles. The van der Waals surface area contributed by atoms with Gasteiger partial charge in [-0.25, -0.2) is 0 Å². The second-order valence-corrected chi connectivity index (χ2v) is 8.93. The highest BCUT2D eigenvalue weighted by molar-refractivity contribution is 7.95. The van der Waals surface area contributed by atoms with E-state index in [0.29, 0.717) is 31.0 Å². The summed E-state index contributed by atoms with van der Waals surface area (Å²) in [6, 6.07) is 21.8. The minimum Gasteiger partial charge on any atom is -0.593 e. The fourth-order valence-electron chi connectivity index (χ4n) is 3.67. The summed E-state index contributed by atoms with van der Waals surface area (Å²) in [5, 5.41) is 13.2. The number of anilines is 1. The van der Waals surface area contributed by atoms with Gasteiger partial charge in [0, 0.05) is 18.7 Å². The van der Waals surface area contributed by atoms with Gasteiger partial charge in [0.15, 0.2) is 26.8 Å². The minimum atomic E-state index is -3.54. The molecule has 0 spiro atoms. The van der Waals surface area contributed by atoms with Gasteiger partial charge in [0.1, 0.15) is 5.82 Å². The molecule has 3 heterocycles. The molecule has 0 aliphatic carbocycles. The molecule has 4 aromatic rings. The predicted octanol–water partition coefficient (Wildman–Crippen LogP) is 2.56. The Bertz CT molecular complexity index is 1210. The van der Waals surface area contributed by atoms with Gasteiger partial charge >= 0.3 is 0 Å². The van der Waals surface area contributed by atoms with Crippen LogP contribution < -0.4 is 9.62 Å². The summed E-state index contributed by atoms with van der Waals surface area (Å²) < 4.78 is 29.8. The molecule has 30 heavy (non-hydrogen) atoms. The third kappa shape index (κ3) is 3.58. The van der Waals surface area contributed by atoms with Gasteiger partial charge in [0.05, 0.1) is 6.04 Å². The van der Waals surface area contributed by atoms with Crippen molar-refractivity contribution in [3.8, 4) is 11.4 Å². The summed E-state index contributed by atoms with van der Waals surface area (Å²) in [5.74, 6) is 1.44. The molecule has 2 atom stereocenters. The normalized spacial score (nSPS) is 18.6. The maximum atomic E-state index is 12.6. The molecular weight excluding hydrogens is 400 g/mol. The van der Waals surface area contributed by atoms with Crippen molar-refractivity contribution >= 4 is 21.9 Å². The standard InChI is InChI=1S/C21H20N6O2S/c28-30(29,18-9-5-2-6-10-18)25-17-13-14-26(15-17)20-12-11-19-22-23-21(27(19)24-20)16-7-3-1-4-8-16/h1-12,17H,13-15H2,(H-,25,28,29). The molecule has 0 bridgehead atoms. The molecule has 0 saturated carbocycles. The molecule has 2 aromatic heterocycles. The van der Waals surface area contributed by atoms with E-state index in [2.05, 4.69) is 19.8 Å². The molecule has 8 nitrogen and oxygen atoms in total. The van der Waals surface area contributed by atoms with Gasteiger partial charge in [-0.05, 0) is 30.7 Å². The van der Waals surface area contributed by atoms with Crippen molar-refractivity contribution in [1.29, 1.82) is 0 Å². The lowest BCUT2D eigenvalue weighted by Gasteiger charge is -2.20. The highest BCUT2D eigenvalue weighted by atomic mass is 32.3. The molecule has 5 rings (SSSR count). The molecule has 1 N–H and O–H groups in total. The van der Waals surface area contributed by atoms with Crippen molar-refractivity contribution in [1.82, 2.24) is 24.5 Å². The molecule has 2 unspecified atom stereocenters. The molecule has 1 aliphatic heterocycles. The lowest BCUT2D eigenvalue weighted by Crippen LogP contribution is -2.41. The van der Waals surface area contributed by atoms with Gasteiger partial charge < -0.3 is 9.45 Å². The number of aromatic nitrogens is 4.